The Morgan fingerprint density at radius 2 is 2.06 bits per heavy atom. The van der Waals surface area contributed by atoms with Gasteiger partial charge in [0.2, 0.25) is 0 Å². The molecule has 0 unspecified atom stereocenters. The number of anilines is 1. The van der Waals surface area contributed by atoms with Crippen molar-refractivity contribution in [1.29, 1.82) is 0 Å². The predicted molar refractivity (Wildman–Crippen MR) is 78.2 cm³/mol. The Morgan fingerprint density at radius 3 is 2.61 bits per heavy atom. The Morgan fingerprint density at radius 1 is 1.28 bits per heavy atom. The molecule has 96 valence electrons. The van der Waals surface area contributed by atoms with E-state index >= 15 is 0 Å². The van der Waals surface area contributed by atoms with Crippen molar-refractivity contribution < 1.29 is 0 Å². The number of aromatic nitrogens is 2. The van der Waals surface area contributed by atoms with E-state index in [9.17, 15) is 0 Å². The molecule has 0 atom stereocenters. The van der Waals surface area contributed by atoms with E-state index in [4.69, 9.17) is 0 Å². The van der Waals surface area contributed by atoms with E-state index in [1.165, 1.54) is 0 Å². The van der Waals surface area contributed by atoms with E-state index in [0.29, 0.717) is 0 Å². The van der Waals surface area contributed by atoms with Gasteiger partial charge in [0.15, 0.2) is 5.82 Å². The second-order valence-corrected chi connectivity index (χ2v) is 6.03. The minimum absolute atomic E-state index is 0.0257. The molecular formula is C14H19N3S. The lowest BCUT2D eigenvalue weighted by atomic mass is 9.92. The summed E-state index contributed by atoms with van der Waals surface area (Å²) in [6, 6.07) is 4.10. The molecule has 0 saturated carbocycles. The predicted octanol–water partition coefficient (Wildman–Crippen LogP) is 3.93. The average Bonchev–Trinajstić information content (AvgIpc) is 2.81. The third-order valence-corrected chi connectivity index (χ3v) is 3.32. The Hall–Kier alpha value is -1.42. The van der Waals surface area contributed by atoms with Crippen LogP contribution in [0.4, 0.5) is 5.82 Å². The molecule has 2 rings (SSSR count). The summed E-state index contributed by atoms with van der Waals surface area (Å²) >= 11 is 1.67. The van der Waals surface area contributed by atoms with Crippen molar-refractivity contribution in [3.05, 3.63) is 28.6 Å². The largest absolute Gasteiger partial charge is 0.370 e. The quantitative estimate of drug-likeness (QED) is 0.909. The number of rotatable bonds is 3. The first-order chi connectivity index (χ1) is 8.50. The van der Waals surface area contributed by atoms with Crippen LogP contribution in [-0.4, -0.2) is 16.5 Å². The summed E-state index contributed by atoms with van der Waals surface area (Å²) in [7, 11) is 0. The highest BCUT2D eigenvalue weighted by molar-refractivity contribution is 7.08. The summed E-state index contributed by atoms with van der Waals surface area (Å²) in [5, 5.41) is 7.41. The molecule has 3 nitrogen and oxygen atoms in total. The van der Waals surface area contributed by atoms with E-state index in [-0.39, 0.29) is 5.41 Å². The topological polar surface area (TPSA) is 37.8 Å². The van der Waals surface area contributed by atoms with E-state index in [1.807, 2.05) is 6.07 Å². The molecule has 2 heterocycles. The third kappa shape index (κ3) is 2.88. The Labute approximate surface area is 112 Å². The molecule has 0 bridgehead atoms. The van der Waals surface area contributed by atoms with Crippen LogP contribution < -0.4 is 5.32 Å². The average molecular weight is 261 g/mol. The molecule has 2 aromatic heterocycles. The van der Waals surface area contributed by atoms with Crippen molar-refractivity contribution in [3.63, 3.8) is 0 Å². The van der Waals surface area contributed by atoms with Gasteiger partial charge in [-0.1, -0.05) is 20.8 Å². The lowest BCUT2D eigenvalue weighted by Crippen LogP contribution is -2.15. The fraction of sp³-hybridized carbons (Fsp3) is 0.429. The van der Waals surface area contributed by atoms with Gasteiger partial charge in [0.25, 0.3) is 0 Å². The summed E-state index contributed by atoms with van der Waals surface area (Å²) in [6.07, 6.45) is 0. The van der Waals surface area contributed by atoms with Crippen molar-refractivity contribution in [2.75, 3.05) is 11.9 Å². The van der Waals surface area contributed by atoms with Crippen molar-refractivity contribution >= 4 is 17.2 Å². The molecule has 1 N–H and O–H groups in total. The van der Waals surface area contributed by atoms with Crippen LogP contribution in [-0.2, 0) is 5.41 Å². The first-order valence-electron chi connectivity index (χ1n) is 6.16. The van der Waals surface area contributed by atoms with Gasteiger partial charge in [-0.25, -0.2) is 9.97 Å². The summed E-state index contributed by atoms with van der Waals surface area (Å²) in [4.78, 5) is 9.25. The first kappa shape index (κ1) is 13.0. The van der Waals surface area contributed by atoms with Crippen LogP contribution in [0.1, 0.15) is 33.4 Å². The molecule has 0 aliphatic rings. The normalized spacial score (nSPS) is 11.6. The molecule has 0 fully saturated rings. The minimum atomic E-state index is 0.0257. The number of nitrogens with zero attached hydrogens (tertiary/aromatic N) is 2. The van der Waals surface area contributed by atoms with Crippen LogP contribution in [0.3, 0.4) is 0 Å². The maximum Gasteiger partial charge on any atom is 0.162 e. The second-order valence-electron chi connectivity index (χ2n) is 5.25. The highest BCUT2D eigenvalue weighted by Crippen LogP contribution is 2.26. The van der Waals surface area contributed by atoms with Gasteiger partial charge in [0.05, 0.1) is 5.69 Å². The van der Waals surface area contributed by atoms with Crippen LogP contribution in [0.15, 0.2) is 22.9 Å². The molecule has 0 aliphatic heterocycles. The summed E-state index contributed by atoms with van der Waals surface area (Å²) in [5.41, 5.74) is 2.18. The maximum absolute atomic E-state index is 4.68. The lowest BCUT2D eigenvalue weighted by molar-refractivity contribution is 0.568. The SMILES string of the molecule is CCNc1cc(C(C)(C)C)nc(-c2ccsc2)n1. The fourth-order valence-electron chi connectivity index (χ4n) is 1.62. The van der Waals surface area contributed by atoms with E-state index in [0.717, 1.165) is 29.4 Å². The molecule has 18 heavy (non-hydrogen) atoms. The highest BCUT2D eigenvalue weighted by Gasteiger charge is 2.18. The zero-order valence-corrected chi connectivity index (χ0v) is 12.1. The summed E-state index contributed by atoms with van der Waals surface area (Å²) in [5.74, 6) is 1.71. The molecule has 0 aliphatic carbocycles. The van der Waals surface area contributed by atoms with E-state index < -0.39 is 0 Å². The van der Waals surface area contributed by atoms with Gasteiger partial charge in [0, 0.05) is 29.0 Å². The molecule has 0 radical (unpaired) electrons. The van der Waals surface area contributed by atoms with Gasteiger partial charge < -0.3 is 5.32 Å². The Balaban J connectivity index is 2.50. The lowest BCUT2D eigenvalue weighted by Gasteiger charge is -2.19. The van der Waals surface area contributed by atoms with Gasteiger partial charge in [-0.2, -0.15) is 11.3 Å². The second kappa shape index (κ2) is 5.06. The zero-order chi connectivity index (χ0) is 13.2. The van der Waals surface area contributed by atoms with Gasteiger partial charge in [-0.05, 0) is 18.4 Å². The van der Waals surface area contributed by atoms with Crippen molar-refractivity contribution in [3.8, 4) is 11.4 Å². The number of hydrogen-bond acceptors (Lipinski definition) is 4. The Kier molecular flexibility index (Phi) is 3.66. The molecule has 4 heteroatoms. The van der Waals surface area contributed by atoms with Gasteiger partial charge in [-0.3, -0.25) is 0 Å². The standard InChI is InChI=1S/C14H19N3S/c1-5-15-12-8-11(14(2,3)4)16-13(17-12)10-6-7-18-9-10/h6-9H,5H2,1-4H3,(H,15,16,17). The van der Waals surface area contributed by atoms with Crippen LogP contribution in [0, 0.1) is 0 Å². The van der Waals surface area contributed by atoms with Crippen LogP contribution in [0.5, 0.6) is 0 Å². The van der Waals surface area contributed by atoms with Crippen molar-refractivity contribution in [1.82, 2.24) is 9.97 Å². The van der Waals surface area contributed by atoms with E-state index in [2.05, 4.69) is 59.8 Å². The van der Waals surface area contributed by atoms with Crippen LogP contribution in [0.2, 0.25) is 0 Å². The number of hydrogen-bond donors (Lipinski definition) is 1. The molecule has 0 aromatic carbocycles. The van der Waals surface area contributed by atoms with Crippen LogP contribution in [0.25, 0.3) is 11.4 Å². The summed E-state index contributed by atoms with van der Waals surface area (Å²) < 4.78 is 0. The van der Waals surface area contributed by atoms with E-state index in [1.54, 1.807) is 11.3 Å². The zero-order valence-electron chi connectivity index (χ0n) is 11.3. The van der Waals surface area contributed by atoms with Gasteiger partial charge in [-0.15, -0.1) is 0 Å². The Bertz CT molecular complexity index is 512. The first-order valence-corrected chi connectivity index (χ1v) is 7.11. The van der Waals surface area contributed by atoms with Crippen molar-refractivity contribution in [2.24, 2.45) is 0 Å². The van der Waals surface area contributed by atoms with Crippen LogP contribution >= 0.6 is 11.3 Å². The molecule has 2 aromatic rings. The van der Waals surface area contributed by atoms with Gasteiger partial charge >= 0.3 is 0 Å². The summed E-state index contributed by atoms with van der Waals surface area (Å²) in [6.45, 7) is 9.44. The number of nitrogens with one attached hydrogen (secondary N) is 1. The fourth-order valence-corrected chi connectivity index (χ4v) is 2.26. The maximum atomic E-state index is 4.68. The molecule has 0 spiro atoms. The minimum Gasteiger partial charge on any atom is -0.370 e. The van der Waals surface area contributed by atoms with Gasteiger partial charge in [0.1, 0.15) is 5.82 Å². The highest BCUT2D eigenvalue weighted by atomic mass is 32.1. The molecular weight excluding hydrogens is 242 g/mol. The molecule has 0 saturated heterocycles. The monoisotopic (exact) mass is 261 g/mol. The smallest absolute Gasteiger partial charge is 0.162 e. The van der Waals surface area contributed by atoms with Crippen molar-refractivity contribution in [2.45, 2.75) is 33.1 Å². The third-order valence-electron chi connectivity index (χ3n) is 2.63. The molecule has 0 amide bonds. The number of thiophene rings is 1.